The summed E-state index contributed by atoms with van der Waals surface area (Å²) in [4.78, 5) is 12.6. The molecule has 7 nitrogen and oxygen atoms in total. The Kier molecular flexibility index (Phi) is 5.70. The van der Waals surface area contributed by atoms with Crippen LogP contribution in [-0.4, -0.2) is 27.7 Å². The zero-order valence-corrected chi connectivity index (χ0v) is 16.9. The molecule has 2 aromatic carbocycles. The van der Waals surface area contributed by atoms with Gasteiger partial charge >= 0.3 is 0 Å². The van der Waals surface area contributed by atoms with Crippen LogP contribution in [0, 0.1) is 0 Å². The first-order chi connectivity index (χ1) is 12.4. The Labute approximate surface area is 160 Å². The highest BCUT2D eigenvalue weighted by molar-refractivity contribution is 7.92. The van der Waals surface area contributed by atoms with E-state index < -0.39 is 10.0 Å². The van der Waals surface area contributed by atoms with Gasteiger partial charge in [-0.05, 0) is 41.3 Å². The van der Waals surface area contributed by atoms with Gasteiger partial charge in [-0.3, -0.25) is 9.52 Å². The van der Waals surface area contributed by atoms with Crippen LogP contribution in [0.1, 0.15) is 36.7 Å². The Hall–Kier alpha value is -2.74. The van der Waals surface area contributed by atoms with E-state index in [2.05, 4.69) is 10.0 Å². The van der Waals surface area contributed by atoms with E-state index in [9.17, 15) is 13.2 Å². The van der Waals surface area contributed by atoms with Crippen molar-refractivity contribution in [1.29, 1.82) is 0 Å². The van der Waals surface area contributed by atoms with Crippen LogP contribution in [0.3, 0.4) is 0 Å². The van der Waals surface area contributed by atoms with Gasteiger partial charge in [-0.15, -0.1) is 0 Å². The fourth-order valence-corrected chi connectivity index (χ4v) is 3.08. The van der Waals surface area contributed by atoms with Crippen molar-refractivity contribution in [2.24, 2.45) is 0 Å². The van der Waals surface area contributed by atoms with Gasteiger partial charge < -0.3 is 15.8 Å². The van der Waals surface area contributed by atoms with Crippen LogP contribution in [0.25, 0.3) is 0 Å². The summed E-state index contributed by atoms with van der Waals surface area (Å²) in [6.07, 6.45) is 1.06. The van der Waals surface area contributed by atoms with Gasteiger partial charge in [0.05, 0.1) is 24.7 Å². The minimum Gasteiger partial charge on any atom is -0.492 e. The Bertz CT molecular complexity index is 963. The molecule has 0 unspecified atom stereocenters. The summed E-state index contributed by atoms with van der Waals surface area (Å²) < 4.78 is 31.3. The summed E-state index contributed by atoms with van der Waals surface area (Å²) in [6.45, 7) is 5.97. The van der Waals surface area contributed by atoms with Crippen LogP contribution in [0.2, 0.25) is 0 Å². The van der Waals surface area contributed by atoms with Gasteiger partial charge in [0.2, 0.25) is 10.0 Å². The third-order valence-corrected chi connectivity index (χ3v) is 4.44. The summed E-state index contributed by atoms with van der Waals surface area (Å²) in [5.41, 5.74) is 7.77. The topological polar surface area (TPSA) is 111 Å². The standard InChI is InChI=1S/C19H25N3O4S/c1-19(2,3)13-10-15(17(26-4)16(11-13)22-27(5,24)25)21-18(23)12-7-6-8-14(20)9-12/h6-11,22H,20H2,1-5H3,(H,21,23). The molecule has 0 saturated heterocycles. The van der Waals surface area contributed by atoms with E-state index in [0.717, 1.165) is 11.8 Å². The lowest BCUT2D eigenvalue weighted by molar-refractivity contribution is 0.102. The number of sulfonamides is 1. The number of nitrogen functional groups attached to an aromatic ring is 1. The molecule has 0 bridgehead atoms. The lowest BCUT2D eigenvalue weighted by atomic mass is 9.86. The molecule has 0 atom stereocenters. The molecule has 0 aliphatic heterocycles. The van der Waals surface area contributed by atoms with E-state index in [0.29, 0.717) is 16.9 Å². The zero-order valence-electron chi connectivity index (χ0n) is 16.1. The number of hydrogen-bond acceptors (Lipinski definition) is 5. The molecule has 0 radical (unpaired) electrons. The molecular weight excluding hydrogens is 366 g/mol. The molecule has 2 rings (SSSR count). The second-order valence-corrected chi connectivity index (χ2v) is 9.06. The molecule has 0 aliphatic rings. The van der Waals surface area contributed by atoms with Gasteiger partial charge in [-0.2, -0.15) is 0 Å². The summed E-state index contributed by atoms with van der Waals surface area (Å²) in [6, 6.07) is 10.1. The lowest BCUT2D eigenvalue weighted by Crippen LogP contribution is -2.18. The molecule has 0 spiro atoms. The number of hydrogen-bond donors (Lipinski definition) is 3. The largest absolute Gasteiger partial charge is 0.492 e. The van der Waals surface area contributed by atoms with Gasteiger partial charge in [0, 0.05) is 11.3 Å². The predicted molar refractivity (Wildman–Crippen MR) is 109 cm³/mol. The monoisotopic (exact) mass is 391 g/mol. The first-order valence-electron chi connectivity index (χ1n) is 8.28. The normalized spacial score (nSPS) is 11.7. The SMILES string of the molecule is COc1c(NC(=O)c2cccc(N)c2)cc(C(C)(C)C)cc1NS(C)(=O)=O. The molecule has 4 N–H and O–H groups in total. The van der Waals surface area contributed by atoms with Crippen LogP contribution in [0.4, 0.5) is 17.1 Å². The van der Waals surface area contributed by atoms with Gasteiger partial charge in [-0.1, -0.05) is 26.8 Å². The average Bonchev–Trinajstić information content (AvgIpc) is 2.52. The van der Waals surface area contributed by atoms with Crippen LogP contribution in [0.5, 0.6) is 5.75 Å². The maximum Gasteiger partial charge on any atom is 0.255 e. The molecule has 146 valence electrons. The van der Waals surface area contributed by atoms with E-state index >= 15 is 0 Å². The maximum absolute atomic E-state index is 12.6. The number of nitrogens with two attached hydrogens (primary N) is 1. The summed E-state index contributed by atoms with van der Waals surface area (Å²) >= 11 is 0. The van der Waals surface area contributed by atoms with Crippen LogP contribution < -0.4 is 20.5 Å². The maximum atomic E-state index is 12.6. The third kappa shape index (κ3) is 5.37. The Balaban J connectivity index is 2.55. The van der Waals surface area contributed by atoms with Gasteiger partial charge in [0.1, 0.15) is 0 Å². The van der Waals surface area contributed by atoms with Crippen molar-refractivity contribution in [3.8, 4) is 5.75 Å². The van der Waals surface area contributed by atoms with E-state index in [4.69, 9.17) is 10.5 Å². The van der Waals surface area contributed by atoms with Crippen molar-refractivity contribution in [1.82, 2.24) is 0 Å². The number of nitrogens with one attached hydrogen (secondary N) is 2. The third-order valence-electron chi connectivity index (χ3n) is 3.85. The number of ether oxygens (including phenoxy) is 1. The predicted octanol–water partition coefficient (Wildman–Crippen LogP) is 3.20. The molecular formula is C19H25N3O4S. The molecule has 0 heterocycles. The quantitative estimate of drug-likeness (QED) is 0.678. The van der Waals surface area contributed by atoms with Crippen LogP contribution in [-0.2, 0) is 15.4 Å². The van der Waals surface area contributed by atoms with E-state index in [1.807, 2.05) is 20.8 Å². The number of amides is 1. The fraction of sp³-hybridized carbons (Fsp3) is 0.316. The Morgan fingerprint density at radius 3 is 2.26 bits per heavy atom. The molecule has 0 aliphatic carbocycles. The average molecular weight is 391 g/mol. The van der Waals surface area contributed by atoms with Gasteiger partial charge in [0.15, 0.2) is 5.75 Å². The van der Waals surface area contributed by atoms with Crippen molar-refractivity contribution in [3.05, 3.63) is 47.5 Å². The zero-order chi connectivity index (χ0) is 20.4. The summed E-state index contributed by atoms with van der Waals surface area (Å²) in [5.74, 6) is -0.150. The number of methoxy groups -OCH3 is 1. The van der Waals surface area contributed by atoms with Crippen molar-refractivity contribution in [2.45, 2.75) is 26.2 Å². The molecule has 27 heavy (non-hydrogen) atoms. The molecule has 0 aromatic heterocycles. The fourth-order valence-electron chi connectivity index (χ4n) is 2.52. The minimum atomic E-state index is -3.53. The lowest BCUT2D eigenvalue weighted by Gasteiger charge is -2.24. The molecule has 2 aromatic rings. The van der Waals surface area contributed by atoms with Crippen molar-refractivity contribution >= 4 is 33.0 Å². The highest BCUT2D eigenvalue weighted by Gasteiger charge is 2.22. The second kappa shape index (κ2) is 7.48. The Morgan fingerprint density at radius 2 is 1.74 bits per heavy atom. The van der Waals surface area contributed by atoms with E-state index in [1.54, 1.807) is 36.4 Å². The van der Waals surface area contributed by atoms with Crippen molar-refractivity contribution < 1.29 is 17.9 Å². The summed E-state index contributed by atoms with van der Waals surface area (Å²) in [7, 11) is -2.12. The number of anilines is 3. The molecule has 0 fully saturated rings. The molecule has 0 saturated carbocycles. The van der Waals surface area contributed by atoms with Crippen molar-refractivity contribution in [2.75, 3.05) is 29.1 Å². The minimum absolute atomic E-state index is 0.227. The number of rotatable bonds is 5. The highest BCUT2D eigenvalue weighted by Crippen LogP contribution is 2.39. The molecule has 1 amide bonds. The van der Waals surface area contributed by atoms with Crippen LogP contribution in [0.15, 0.2) is 36.4 Å². The first kappa shape index (κ1) is 20.6. The number of carbonyl (C=O) groups is 1. The van der Waals surface area contributed by atoms with Crippen LogP contribution >= 0.6 is 0 Å². The second-order valence-electron chi connectivity index (χ2n) is 7.31. The molecule has 8 heteroatoms. The smallest absolute Gasteiger partial charge is 0.255 e. The van der Waals surface area contributed by atoms with E-state index in [1.165, 1.54) is 7.11 Å². The van der Waals surface area contributed by atoms with Crippen molar-refractivity contribution in [3.63, 3.8) is 0 Å². The van der Waals surface area contributed by atoms with Gasteiger partial charge in [-0.25, -0.2) is 8.42 Å². The van der Waals surface area contributed by atoms with E-state index in [-0.39, 0.29) is 22.8 Å². The highest BCUT2D eigenvalue weighted by atomic mass is 32.2. The number of benzene rings is 2. The number of carbonyl (C=O) groups excluding carboxylic acids is 1. The first-order valence-corrected chi connectivity index (χ1v) is 10.2. The summed E-state index contributed by atoms with van der Waals surface area (Å²) in [5, 5.41) is 2.79. The Morgan fingerprint density at radius 1 is 1.11 bits per heavy atom. The van der Waals surface area contributed by atoms with Gasteiger partial charge in [0.25, 0.3) is 5.91 Å².